The van der Waals surface area contributed by atoms with Crippen molar-refractivity contribution in [3.8, 4) is 0 Å². The van der Waals surface area contributed by atoms with E-state index in [4.69, 9.17) is 4.74 Å². The van der Waals surface area contributed by atoms with Gasteiger partial charge in [-0.15, -0.1) is 0 Å². The van der Waals surface area contributed by atoms with Crippen molar-refractivity contribution in [3.05, 3.63) is 70.8 Å². The molecular weight excluding hydrogens is 400 g/mol. The Bertz CT molecular complexity index is 916. The minimum Gasteiger partial charge on any atom is -0.372 e. The number of nitrogens with one attached hydrogen (secondary N) is 2. The standard InChI is InChI=1S/C26H36N4O2/c1-18-7-6-8-24(13-18)19(2)14-28-26(27-5)29-15-22-9-11-23(12-10-22)25(31)30-16-20(3)32-21(4)17-30/h6-13,19-21H,14-17H2,1-5H3,(H2,27,28,29). The second-order valence-corrected chi connectivity index (χ2v) is 8.79. The third kappa shape index (κ3) is 6.57. The highest BCUT2D eigenvalue weighted by Gasteiger charge is 2.26. The van der Waals surface area contributed by atoms with Gasteiger partial charge in [-0.05, 0) is 49.9 Å². The van der Waals surface area contributed by atoms with Gasteiger partial charge in [0.05, 0.1) is 12.2 Å². The van der Waals surface area contributed by atoms with Gasteiger partial charge in [0.1, 0.15) is 0 Å². The molecule has 0 aliphatic carbocycles. The van der Waals surface area contributed by atoms with Crippen molar-refractivity contribution in [1.29, 1.82) is 0 Å². The number of amides is 1. The maximum atomic E-state index is 12.8. The minimum atomic E-state index is 0.0640. The van der Waals surface area contributed by atoms with Crippen molar-refractivity contribution in [2.45, 2.75) is 52.4 Å². The van der Waals surface area contributed by atoms with E-state index in [-0.39, 0.29) is 18.1 Å². The van der Waals surface area contributed by atoms with Crippen LogP contribution in [-0.4, -0.2) is 55.7 Å². The Kier molecular flexibility index (Phi) is 8.28. The number of aliphatic imine (C=N–C) groups is 1. The molecule has 1 aliphatic rings. The Morgan fingerprint density at radius 2 is 1.81 bits per heavy atom. The highest BCUT2D eigenvalue weighted by atomic mass is 16.5. The third-order valence-corrected chi connectivity index (χ3v) is 5.78. The third-order valence-electron chi connectivity index (χ3n) is 5.78. The smallest absolute Gasteiger partial charge is 0.254 e. The van der Waals surface area contributed by atoms with Crippen molar-refractivity contribution in [1.82, 2.24) is 15.5 Å². The number of hydrogen-bond donors (Lipinski definition) is 2. The molecule has 3 atom stereocenters. The number of guanidine groups is 1. The molecule has 172 valence electrons. The summed E-state index contributed by atoms with van der Waals surface area (Å²) in [4.78, 5) is 19.0. The van der Waals surface area contributed by atoms with Crippen LogP contribution in [0.15, 0.2) is 53.5 Å². The van der Waals surface area contributed by atoms with Gasteiger partial charge in [-0.3, -0.25) is 9.79 Å². The predicted octanol–water partition coefficient (Wildman–Crippen LogP) is 3.71. The van der Waals surface area contributed by atoms with Crippen molar-refractivity contribution < 1.29 is 9.53 Å². The summed E-state index contributed by atoms with van der Waals surface area (Å²) >= 11 is 0. The van der Waals surface area contributed by atoms with Crippen LogP contribution < -0.4 is 10.6 Å². The van der Waals surface area contributed by atoms with Crippen molar-refractivity contribution in [2.24, 2.45) is 4.99 Å². The fourth-order valence-electron chi connectivity index (χ4n) is 4.04. The van der Waals surface area contributed by atoms with Crippen LogP contribution in [0, 0.1) is 6.92 Å². The van der Waals surface area contributed by atoms with Crippen LogP contribution in [-0.2, 0) is 11.3 Å². The highest BCUT2D eigenvalue weighted by molar-refractivity contribution is 5.94. The molecule has 1 saturated heterocycles. The average Bonchev–Trinajstić information content (AvgIpc) is 2.78. The Labute approximate surface area is 192 Å². The number of rotatable bonds is 6. The average molecular weight is 437 g/mol. The summed E-state index contributed by atoms with van der Waals surface area (Å²) in [5.41, 5.74) is 4.40. The van der Waals surface area contributed by atoms with E-state index in [1.807, 2.05) is 43.0 Å². The van der Waals surface area contributed by atoms with Gasteiger partial charge in [-0.25, -0.2) is 0 Å². The summed E-state index contributed by atoms with van der Waals surface area (Å²) in [7, 11) is 1.78. The fourth-order valence-corrected chi connectivity index (χ4v) is 4.04. The lowest BCUT2D eigenvalue weighted by Gasteiger charge is -2.35. The Balaban J connectivity index is 1.49. The molecule has 6 nitrogen and oxygen atoms in total. The van der Waals surface area contributed by atoms with Crippen molar-refractivity contribution >= 4 is 11.9 Å². The summed E-state index contributed by atoms with van der Waals surface area (Å²) < 4.78 is 5.73. The second kappa shape index (κ2) is 11.1. The normalized spacial score (nSPS) is 20.0. The number of ether oxygens (including phenoxy) is 1. The second-order valence-electron chi connectivity index (χ2n) is 8.79. The number of nitrogens with zero attached hydrogens (tertiary/aromatic N) is 2. The van der Waals surface area contributed by atoms with Gasteiger partial charge in [-0.2, -0.15) is 0 Å². The van der Waals surface area contributed by atoms with Crippen molar-refractivity contribution in [2.75, 3.05) is 26.7 Å². The molecule has 0 aromatic heterocycles. The largest absolute Gasteiger partial charge is 0.372 e. The molecule has 0 spiro atoms. The van der Waals surface area contributed by atoms with E-state index in [9.17, 15) is 4.79 Å². The topological polar surface area (TPSA) is 66.0 Å². The lowest BCUT2D eigenvalue weighted by molar-refractivity contribution is -0.0586. The number of hydrogen-bond acceptors (Lipinski definition) is 3. The van der Waals surface area contributed by atoms with Crippen LogP contribution in [0.4, 0.5) is 0 Å². The molecule has 32 heavy (non-hydrogen) atoms. The quantitative estimate of drug-likeness (QED) is 0.535. The molecule has 3 rings (SSSR count). The van der Waals surface area contributed by atoms with E-state index in [0.717, 1.165) is 18.1 Å². The van der Waals surface area contributed by atoms with Gasteiger partial charge >= 0.3 is 0 Å². The molecule has 3 unspecified atom stereocenters. The molecule has 1 aliphatic heterocycles. The van der Waals surface area contributed by atoms with E-state index in [0.29, 0.717) is 31.1 Å². The number of morpholine rings is 1. The Morgan fingerprint density at radius 1 is 1.12 bits per heavy atom. The van der Waals surface area contributed by atoms with E-state index < -0.39 is 0 Å². The zero-order valence-corrected chi connectivity index (χ0v) is 19.9. The van der Waals surface area contributed by atoms with E-state index in [1.54, 1.807) is 7.05 Å². The van der Waals surface area contributed by atoms with Crippen LogP contribution in [0.5, 0.6) is 0 Å². The minimum absolute atomic E-state index is 0.0640. The van der Waals surface area contributed by atoms with Crippen LogP contribution >= 0.6 is 0 Å². The van der Waals surface area contributed by atoms with Crippen LogP contribution in [0.25, 0.3) is 0 Å². The molecule has 1 heterocycles. The first kappa shape index (κ1) is 23.8. The lowest BCUT2D eigenvalue weighted by atomic mass is 9.99. The van der Waals surface area contributed by atoms with Gasteiger partial charge in [0.2, 0.25) is 0 Å². The summed E-state index contributed by atoms with van der Waals surface area (Å²) in [5.74, 6) is 1.21. The molecule has 2 aromatic rings. The maximum Gasteiger partial charge on any atom is 0.254 e. The first-order valence-corrected chi connectivity index (χ1v) is 11.4. The SMILES string of the molecule is CN=C(NCc1ccc(C(=O)N2CC(C)OC(C)C2)cc1)NCC(C)c1cccc(C)c1. The van der Waals surface area contributed by atoms with E-state index >= 15 is 0 Å². The monoisotopic (exact) mass is 436 g/mol. The maximum absolute atomic E-state index is 12.8. The summed E-state index contributed by atoms with van der Waals surface area (Å²) in [6.07, 6.45) is 0.137. The highest BCUT2D eigenvalue weighted by Crippen LogP contribution is 2.16. The van der Waals surface area contributed by atoms with Crippen LogP contribution in [0.3, 0.4) is 0 Å². The fraction of sp³-hybridized carbons (Fsp3) is 0.462. The lowest BCUT2D eigenvalue weighted by Crippen LogP contribution is -2.48. The molecule has 1 amide bonds. The molecule has 2 aromatic carbocycles. The van der Waals surface area contributed by atoms with Gasteiger partial charge in [0, 0.05) is 38.8 Å². The number of carbonyl (C=O) groups excluding carboxylic acids is 1. The van der Waals surface area contributed by atoms with Crippen molar-refractivity contribution in [3.63, 3.8) is 0 Å². The van der Waals surface area contributed by atoms with Gasteiger partial charge in [0.15, 0.2) is 5.96 Å². The summed E-state index contributed by atoms with van der Waals surface area (Å²) in [6.45, 7) is 11.0. The summed E-state index contributed by atoms with van der Waals surface area (Å²) in [6, 6.07) is 16.4. The molecule has 0 saturated carbocycles. The van der Waals surface area contributed by atoms with Gasteiger partial charge < -0.3 is 20.3 Å². The molecule has 6 heteroatoms. The Hall–Kier alpha value is -2.86. The Morgan fingerprint density at radius 3 is 2.44 bits per heavy atom. The molecule has 1 fully saturated rings. The van der Waals surface area contributed by atoms with Crippen LogP contribution in [0.2, 0.25) is 0 Å². The zero-order valence-electron chi connectivity index (χ0n) is 19.9. The summed E-state index contributed by atoms with van der Waals surface area (Å²) in [5, 5.41) is 6.76. The predicted molar refractivity (Wildman–Crippen MR) is 130 cm³/mol. The van der Waals surface area contributed by atoms with Crippen LogP contribution in [0.1, 0.15) is 53.7 Å². The molecule has 2 N–H and O–H groups in total. The van der Waals surface area contributed by atoms with Gasteiger partial charge in [-0.1, -0.05) is 48.9 Å². The molecule has 0 radical (unpaired) electrons. The number of benzene rings is 2. The number of aryl methyl sites for hydroxylation is 1. The number of carbonyl (C=O) groups is 1. The molecule has 0 bridgehead atoms. The molecular formula is C26H36N4O2. The zero-order chi connectivity index (χ0) is 23.1. The van der Waals surface area contributed by atoms with Gasteiger partial charge in [0.25, 0.3) is 5.91 Å². The van der Waals surface area contributed by atoms with E-state index in [1.165, 1.54) is 11.1 Å². The first-order chi connectivity index (χ1) is 15.4. The van der Waals surface area contributed by atoms with E-state index in [2.05, 4.69) is 53.7 Å². The first-order valence-electron chi connectivity index (χ1n) is 11.4.